The lowest BCUT2D eigenvalue weighted by molar-refractivity contribution is 0.477. The van der Waals surface area contributed by atoms with Gasteiger partial charge in [-0.05, 0) is 5.56 Å². The molecule has 4 N–H and O–H groups in total. The summed E-state index contributed by atoms with van der Waals surface area (Å²) in [6.45, 7) is 0. The number of hydrogen-bond acceptors (Lipinski definition) is 3. The topological polar surface area (TPSA) is 83.4 Å². The van der Waals surface area contributed by atoms with Crippen LogP contribution in [0.1, 0.15) is 17.2 Å². The van der Waals surface area contributed by atoms with E-state index in [1.807, 2.05) is 30.3 Å². The second-order valence-electron chi connectivity index (χ2n) is 4.51. The predicted octanol–water partition coefficient (Wildman–Crippen LogP) is 1.58. The molecule has 3 aromatic rings. The Labute approximate surface area is 110 Å². The van der Waals surface area contributed by atoms with Crippen LogP contribution in [0.4, 0.5) is 0 Å². The highest BCUT2D eigenvalue weighted by molar-refractivity contribution is 5.27. The van der Waals surface area contributed by atoms with Gasteiger partial charge in [-0.15, -0.1) is 0 Å². The van der Waals surface area contributed by atoms with Crippen molar-refractivity contribution in [1.82, 2.24) is 19.9 Å². The van der Waals surface area contributed by atoms with Gasteiger partial charge in [0.2, 0.25) is 0 Å². The van der Waals surface area contributed by atoms with Gasteiger partial charge in [-0.2, -0.15) is 0 Å². The number of nitrogens with one attached hydrogen (secondary N) is 2. The summed E-state index contributed by atoms with van der Waals surface area (Å²) in [5.74, 6) is 1.40. The van der Waals surface area contributed by atoms with Gasteiger partial charge >= 0.3 is 0 Å². The van der Waals surface area contributed by atoms with Crippen molar-refractivity contribution in [3.05, 3.63) is 72.3 Å². The maximum atomic E-state index is 6.57. The number of benzene rings is 1. The van der Waals surface area contributed by atoms with Crippen molar-refractivity contribution in [3.63, 3.8) is 0 Å². The summed E-state index contributed by atoms with van der Waals surface area (Å²) >= 11 is 0. The minimum Gasteiger partial charge on any atom is -0.347 e. The van der Waals surface area contributed by atoms with Crippen LogP contribution in [0.25, 0.3) is 0 Å². The molecule has 0 aliphatic carbocycles. The van der Waals surface area contributed by atoms with E-state index in [4.69, 9.17) is 5.73 Å². The first-order valence-electron chi connectivity index (χ1n) is 6.11. The summed E-state index contributed by atoms with van der Waals surface area (Å²) in [6, 6.07) is 10.1. The highest BCUT2D eigenvalue weighted by Crippen LogP contribution is 2.25. The lowest BCUT2D eigenvalue weighted by atomic mass is 9.90. The van der Waals surface area contributed by atoms with Crippen LogP contribution >= 0.6 is 0 Å². The highest BCUT2D eigenvalue weighted by Gasteiger charge is 2.35. The average molecular weight is 253 g/mol. The van der Waals surface area contributed by atoms with E-state index in [0.29, 0.717) is 18.1 Å². The van der Waals surface area contributed by atoms with E-state index in [2.05, 4.69) is 19.9 Å². The van der Waals surface area contributed by atoms with Gasteiger partial charge in [0.05, 0.1) is 0 Å². The van der Waals surface area contributed by atoms with E-state index >= 15 is 0 Å². The number of aromatic amines is 2. The van der Waals surface area contributed by atoms with Gasteiger partial charge in [-0.1, -0.05) is 30.3 Å². The molecule has 2 aromatic heterocycles. The van der Waals surface area contributed by atoms with Crippen LogP contribution in [0, 0.1) is 0 Å². The molecule has 0 aliphatic heterocycles. The quantitative estimate of drug-likeness (QED) is 0.660. The average Bonchev–Trinajstić information content (AvgIpc) is 3.14. The molecular formula is C14H15N5. The third-order valence-corrected chi connectivity index (χ3v) is 3.17. The second kappa shape index (κ2) is 4.70. The lowest BCUT2D eigenvalue weighted by Crippen LogP contribution is -2.42. The van der Waals surface area contributed by atoms with E-state index in [1.165, 1.54) is 0 Å². The van der Waals surface area contributed by atoms with Crippen LogP contribution in [-0.2, 0) is 12.0 Å². The Morgan fingerprint density at radius 3 is 2.00 bits per heavy atom. The second-order valence-corrected chi connectivity index (χ2v) is 4.51. The van der Waals surface area contributed by atoms with Gasteiger partial charge in [0.25, 0.3) is 0 Å². The molecule has 0 fully saturated rings. The number of hydrogen-bond donors (Lipinski definition) is 3. The van der Waals surface area contributed by atoms with E-state index in [-0.39, 0.29) is 0 Å². The van der Waals surface area contributed by atoms with Crippen LogP contribution in [0.2, 0.25) is 0 Å². The third-order valence-electron chi connectivity index (χ3n) is 3.17. The van der Waals surface area contributed by atoms with E-state index in [0.717, 1.165) is 5.56 Å². The van der Waals surface area contributed by atoms with Gasteiger partial charge in [0, 0.05) is 31.2 Å². The maximum Gasteiger partial charge on any atom is 0.137 e. The molecule has 0 aliphatic rings. The Morgan fingerprint density at radius 1 is 0.947 bits per heavy atom. The molecule has 3 rings (SSSR count). The van der Waals surface area contributed by atoms with Gasteiger partial charge in [-0.3, -0.25) is 0 Å². The van der Waals surface area contributed by atoms with Crippen LogP contribution in [0.3, 0.4) is 0 Å². The van der Waals surface area contributed by atoms with Crippen LogP contribution in [-0.4, -0.2) is 19.9 Å². The molecule has 0 spiro atoms. The summed E-state index contributed by atoms with van der Waals surface area (Å²) in [4.78, 5) is 14.8. The maximum absolute atomic E-state index is 6.57. The van der Waals surface area contributed by atoms with E-state index in [9.17, 15) is 0 Å². The van der Waals surface area contributed by atoms with Crippen molar-refractivity contribution < 1.29 is 0 Å². The van der Waals surface area contributed by atoms with Crippen molar-refractivity contribution in [2.75, 3.05) is 0 Å². The van der Waals surface area contributed by atoms with Crippen LogP contribution < -0.4 is 5.73 Å². The summed E-state index contributed by atoms with van der Waals surface area (Å²) < 4.78 is 0. The molecule has 5 heteroatoms. The molecule has 0 saturated heterocycles. The van der Waals surface area contributed by atoms with E-state index < -0.39 is 5.54 Å². The van der Waals surface area contributed by atoms with Gasteiger partial charge < -0.3 is 15.7 Å². The van der Waals surface area contributed by atoms with Crippen molar-refractivity contribution in [3.8, 4) is 0 Å². The summed E-state index contributed by atoms with van der Waals surface area (Å²) in [7, 11) is 0. The first kappa shape index (κ1) is 11.7. The van der Waals surface area contributed by atoms with E-state index in [1.54, 1.807) is 24.8 Å². The molecule has 0 bridgehead atoms. The molecule has 19 heavy (non-hydrogen) atoms. The van der Waals surface area contributed by atoms with Crippen molar-refractivity contribution in [1.29, 1.82) is 0 Å². The molecule has 2 heterocycles. The molecule has 5 nitrogen and oxygen atoms in total. The molecular weight excluding hydrogens is 238 g/mol. The summed E-state index contributed by atoms with van der Waals surface area (Å²) in [6.07, 6.45) is 7.56. The number of nitrogens with two attached hydrogens (primary N) is 1. The number of aromatic nitrogens is 4. The minimum absolute atomic E-state index is 0.620. The number of rotatable bonds is 4. The fourth-order valence-corrected chi connectivity index (χ4v) is 2.22. The Balaban J connectivity index is 2.03. The molecule has 0 unspecified atom stereocenters. The van der Waals surface area contributed by atoms with Crippen molar-refractivity contribution in [2.24, 2.45) is 5.73 Å². The fourth-order valence-electron chi connectivity index (χ4n) is 2.22. The highest BCUT2D eigenvalue weighted by atomic mass is 15.0. The monoisotopic (exact) mass is 253 g/mol. The zero-order valence-electron chi connectivity index (χ0n) is 10.4. The summed E-state index contributed by atoms with van der Waals surface area (Å²) in [5.41, 5.74) is 6.93. The SMILES string of the molecule is NC(Cc1ccccc1)(c1ncc[nH]1)c1ncc[nH]1. The van der Waals surface area contributed by atoms with Crippen molar-refractivity contribution >= 4 is 0 Å². The molecule has 96 valence electrons. The zero-order valence-corrected chi connectivity index (χ0v) is 10.4. The Kier molecular flexibility index (Phi) is 2.89. The molecule has 0 radical (unpaired) electrons. The largest absolute Gasteiger partial charge is 0.347 e. The van der Waals surface area contributed by atoms with Gasteiger partial charge in [-0.25, -0.2) is 9.97 Å². The standard InChI is InChI=1S/C14H15N5/c15-14(12-16-6-7-17-12,13-18-8-9-19-13)10-11-4-2-1-3-5-11/h1-9H,10,15H2,(H,16,17)(H,18,19). The lowest BCUT2D eigenvalue weighted by Gasteiger charge is -2.25. The normalized spacial score (nSPS) is 11.6. The zero-order chi connectivity index (χ0) is 13.1. The molecule has 0 atom stereocenters. The third kappa shape index (κ3) is 2.15. The van der Waals surface area contributed by atoms with Crippen LogP contribution in [0.15, 0.2) is 55.1 Å². The number of nitrogens with zero attached hydrogens (tertiary/aromatic N) is 2. The first-order chi connectivity index (χ1) is 9.29. The fraction of sp³-hybridized carbons (Fsp3) is 0.143. The minimum atomic E-state index is -0.783. The Bertz CT molecular complexity index is 579. The predicted molar refractivity (Wildman–Crippen MR) is 72.3 cm³/mol. The number of imidazole rings is 2. The van der Waals surface area contributed by atoms with Crippen LogP contribution in [0.5, 0.6) is 0 Å². The summed E-state index contributed by atoms with van der Waals surface area (Å²) in [5, 5.41) is 0. The Hall–Kier alpha value is -2.40. The molecule has 1 aromatic carbocycles. The molecule has 0 saturated carbocycles. The van der Waals surface area contributed by atoms with Crippen molar-refractivity contribution in [2.45, 2.75) is 12.0 Å². The Morgan fingerprint density at radius 2 is 1.53 bits per heavy atom. The number of H-pyrrole nitrogens is 2. The van der Waals surface area contributed by atoms with Gasteiger partial charge in [0.15, 0.2) is 0 Å². The smallest absolute Gasteiger partial charge is 0.137 e. The van der Waals surface area contributed by atoms with Gasteiger partial charge in [0.1, 0.15) is 17.2 Å². The first-order valence-corrected chi connectivity index (χ1v) is 6.11. The molecule has 0 amide bonds.